The fourth-order valence-corrected chi connectivity index (χ4v) is 4.16. The molecule has 0 atom stereocenters. The van der Waals surface area contributed by atoms with Crippen molar-refractivity contribution in [1.29, 1.82) is 0 Å². The van der Waals surface area contributed by atoms with Gasteiger partial charge in [-0.2, -0.15) is 0 Å². The summed E-state index contributed by atoms with van der Waals surface area (Å²) in [6, 6.07) is 5.37. The van der Waals surface area contributed by atoms with Crippen LogP contribution in [0, 0.1) is 0 Å². The molecular weight excluding hydrogens is 389 g/mol. The number of benzene rings is 1. The molecule has 0 aromatic heterocycles. The lowest BCUT2D eigenvalue weighted by molar-refractivity contribution is -0.137. The van der Waals surface area contributed by atoms with Crippen LogP contribution >= 0.6 is 23.2 Å². The Kier molecular flexibility index (Phi) is 6.12. The zero-order chi connectivity index (χ0) is 19.6. The van der Waals surface area contributed by atoms with Gasteiger partial charge in [-0.1, -0.05) is 48.2 Å². The number of nitrogens with zero attached hydrogens (tertiary/aromatic N) is 1. The molecule has 0 unspecified atom stereocenters. The zero-order valence-electron chi connectivity index (χ0n) is 15.2. The van der Waals surface area contributed by atoms with Gasteiger partial charge in [-0.05, 0) is 24.5 Å². The molecule has 0 radical (unpaired) electrons. The maximum absolute atomic E-state index is 12.6. The van der Waals surface area contributed by atoms with Gasteiger partial charge in [-0.25, -0.2) is 9.59 Å². The van der Waals surface area contributed by atoms with Gasteiger partial charge in [0.05, 0.1) is 41.3 Å². The molecular formula is C20H21Cl2NO4. The lowest BCUT2D eigenvalue weighted by atomic mass is 9.83. The molecule has 144 valence electrons. The van der Waals surface area contributed by atoms with E-state index in [-0.39, 0.29) is 6.04 Å². The molecule has 0 N–H and O–H groups in total. The third kappa shape index (κ3) is 3.85. The van der Waals surface area contributed by atoms with Crippen LogP contribution in [-0.4, -0.2) is 37.1 Å². The number of halogens is 2. The summed E-state index contributed by atoms with van der Waals surface area (Å²) < 4.78 is 9.99. The molecule has 3 rings (SSSR count). The Hall–Kier alpha value is -1.98. The molecule has 1 aromatic rings. The summed E-state index contributed by atoms with van der Waals surface area (Å²) in [4.78, 5) is 27.1. The molecule has 1 heterocycles. The van der Waals surface area contributed by atoms with E-state index in [9.17, 15) is 9.59 Å². The molecule has 1 saturated carbocycles. The van der Waals surface area contributed by atoms with Crippen LogP contribution in [0.4, 0.5) is 0 Å². The topological polar surface area (TPSA) is 55.8 Å². The van der Waals surface area contributed by atoms with E-state index in [1.807, 2.05) is 4.90 Å². The lowest BCUT2D eigenvalue weighted by Crippen LogP contribution is -2.33. The maximum atomic E-state index is 12.6. The highest BCUT2D eigenvalue weighted by atomic mass is 35.5. The number of methoxy groups -OCH3 is 2. The minimum atomic E-state index is -0.714. The maximum Gasteiger partial charge on any atom is 0.336 e. The van der Waals surface area contributed by atoms with E-state index < -0.39 is 17.9 Å². The molecule has 0 bridgehead atoms. The summed E-state index contributed by atoms with van der Waals surface area (Å²) in [5.41, 5.74) is 1.22. The minimum Gasteiger partial charge on any atom is -0.466 e. The number of carbonyl (C=O) groups excluding carboxylic acids is 2. The van der Waals surface area contributed by atoms with Gasteiger partial charge in [-0.15, -0.1) is 0 Å². The van der Waals surface area contributed by atoms with Gasteiger partial charge in [0.15, 0.2) is 0 Å². The Morgan fingerprint density at radius 3 is 2.07 bits per heavy atom. The van der Waals surface area contributed by atoms with Crippen molar-refractivity contribution in [3.63, 3.8) is 0 Å². The average Bonchev–Trinajstić information content (AvgIpc) is 3.23. The van der Waals surface area contributed by atoms with Crippen molar-refractivity contribution in [2.45, 2.75) is 37.6 Å². The van der Waals surface area contributed by atoms with Crippen LogP contribution in [-0.2, 0) is 19.1 Å². The molecule has 1 fully saturated rings. The fraction of sp³-hybridized carbons (Fsp3) is 0.400. The van der Waals surface area contributed by atoms with Gasteiger partial charge in [-0.3, -0.25) is 0 Å². The van der Waals surface area contributed by atoms with E-state index in [0.717, 1.165) is 25.7 Å². The molecule has 7 heteroatoms. The Labute approximate surface area is 168 Å². The van der Waals surface area contributed by atoms with Crippen molar-refractivity contribution in [3.8, 4) is 0 Å². The quantitative estimate of drug-likeness (QED) is 0.687. The first kappa shape index (κ1) is 19.8. The van der Waals surface area contributed by atoms with E-state index in [1.165, 1.54) is 14.2 Å². The van der Waals surface area contributed by atoms with E-state index in [2.05, 4.69) is 0 Å². The minimum absolute atomic E-state index is 0.236. The second-order valence-corrected chi connectivity index (χ2v) is 7.40. The smallest absolute Gasteiger partial charge is 0.336 e. The molecule has 0 saturated heterocycles. The van der Waals surface area contributed by atoms with Crippen LogP contribution in [0.5, 0.6) is 0 Å². The summed E-state index contributed by atoms with van der Waals surface area (Å²) in [6.45, 7) is 0. The first-order valence-electron chi connectivity index (χ1n) is 8.79. The second-order valence-electron chi connectivity index (χ2n) is 6.61. The highest BCUT2D eigenvalue weighted by Crippen LogP contribution is 2.43. The molecule has 5 nitrogen and oxygen atoms in total. The second kappa shape index (κ2) is 8.36. The summed E-state index contributed by atoms with van der Waals surface area (Å²) in [7, 11) is 2.63. The monoisotopic (exact) mass is 409 g/mol. The first-order valence-corrected chi connectivity index (χ1v) is 9.55. The molecule has 1 aliphatic carbocycles. The van der Waals surface area contributed by atoms with Gasteiger partial charge < -0.3 is 14.4 Å². The Morgan fingerprint density at radius 2 is 1.56 bits per heavy atom. The molecule has 1 aromatic carbocycles. The van der Waals surface area contributed by atoms with Crippen molar-refractivity contribution < 1.29 is 19.1 Å². The summed E-state index contributed by atoms with van der Waals surface area (Å²) in [6.07, 6.45) is 7.75. The van der Waals surface area contributed by atoms with Crippen LogP contribution in [0.2, 0.25) is 10.0 Å². The van der Waals surface area contributed by atoms with Crippen molar-refractivity contribution in [2.24, 2.45) is 0 Å². The highest BCUT2D eigenvalue weighted by Gasteiger charge is 2.38. The third-order valence-electron chi connectivity index (χ3n) is 5.08. The normalized spacial score (nSPS) is 18.1. The number of carbonyl (C=O) groups is 2. The largest absolute Gasteiger partial charge is 0.466 e. The molecule has 0 spiro atoms. The lowest BCUT2D eigenvalue weighted by Gasteiger charge is -2.33. The zero-order valence-corrected chi connectivity index (χ0v) is 16.7. The molecule has 2 aliphatic rings. The summed E-state index contributed by atoms with van der Waals surface area (Å²) >= 11 is 12.6. The van der Waals surface area contributed by atoms with Gasteiger partial charge in [0, 0.05) is 18.4 Å². The molecule has 1 aliphatic heterocycles. The van der Waals surface area contributed by atoms with Gasteiger partial charge in [0.25, 0.3) is 0 Å². The number of ether oxygens (including phenoxy) is 2. The molecule has 0 amide bonds. The number of hydrogen-bond donors (Lipinski definition) is 0. The van der Waals surface area contributed by atoms with Crippen molar-refractivity contribution in [2.75, 3.05) is 14.2 Å². The third-order valence-corrected chi connectivity index (χ3v) is 5.91. The number of esters is 2. The SMILES string of the molecule is COC(=O)C1=CN(C2CCCC2)C=C(C(=O)OC)C1c1cccc(Cl)c1Cl. The number of rotatable bonds is 4. The molecule has 27 heavy (non-hydrogen) atoms. The van der Waals surface area contributed by atoms with E-state index >= 15 is 0 Å². The van der Waals surface area contributed by atoms with Crippen LogP contribution in [0.25, 0.3) is 0 Å². The predicted octanol–water partition coefficient (Wildman–Crippen LogP) is 4.45. The highest BCUT2D eigenvalue weighted by molar-refractivity contribution is 6.42. The van der Waals surface area contributed by atoms with Crippen LogP contribution in [0.1, 0.15) is 37.2 Å². The van der Waals surface area contributed by atoms with Gasteiger partial charge >= 0.3 is 11.9 Å². The van der Waals surface area contributed by atoms with Gasteiger partial charge in [0.2, 0.25) is 0 Å². The number of hydrogen-bond acceptors (Lipinski definition) is 5. The van der Waals surface area contributed by atoms with E-state index in [0.29, 0.717) is 26.8 Å². The summed E-state index contributed by atoms with van der Waals surface area (Å²) in [5, 5.41) is 0.643. The van der Waals surface area contributed by atoms with Gasteiger partial charge in [0.1, 0.15) is 0 Å². The van der Waals surface area contributed by atoms with E-state index in [4.69, 9.17) is 32.7 Å². The fourth-order valence-electron chi connectivity index (χ4n) is 3.74. The Balaban J connectivity index is 2.15. The van der Waals surface area contributed by atoms with Crippen LogP contribution < -0.4 is 0 Å². The Bertz CT molecular complexity index is 778. The van der Waals surface area contributed by atoms with Crippen molar-refractivity contribution >= 4 is 35.1 Å². The predicted molar refractivity (Wildman–Crippen MR) is 103 cm³/mol. The summed E-state index contributed by atoms with van der Waals surface area (Å²) in [5.74, 6) is -1.75. The standard InChI is InChI=1S/C20H21Cl2NO4/c1-26-19(24)14-10-23(12-6-3-4-7-12)11-15(20(25)27-2)17(14)13-8-5-9-16(21)18(13)22/h5,8-12,17H,3-4,6-7H2,1-2H3. The average molecular weight is 410 g/mol. The van der Waals surface area contributed by atoms with Crippen LogP contribution in [0.15, 0.2) is 41.7 Å². The Morgan fingerprint density at radius 1 is 1.00 bits per heavy atom. The van der Waals surface area contributed by atoms with Crippen LogP contribution in [0.3, 0.4) is 0 Å². The van der Waals surface area contributed by atoms with Crippen molar-refractivity contribution in [1.82, 2.24) is 4.90 Å². The van der Waals surface area contributed by atoms with E-state index in [1.54, 1.807) is 30.6 Å². The first-order chi connectivity index (χ1) is 13.0. The van der Waals surface area contributed by atoms with Crippen molar-refractivity contribution in [3.05, 3.63) is 57.4 Å².